The van der Waals surface area contributed by atoms with E-state index in [1.165, 1.54) is 11.1 Å². The zero-order chi connectivity index (χ0) is 14.1. The Bertz CT molecular complexity index is 658. The number of aryl methyl sites for hydroxylation is 1. The SMILES string of the molecule is COc1cc(CC2Cc3ccccc3C2=O)ccc1C. The zero-order valence-corrected chi connectivity index (χ0v) is 11.8. The van der Waals surface area contributed by atoms with Crippen LogP contribution >= 0.6 is 0 Å². The quantitative estimate of drug-likeness (QED) is 0.848. The summed E-state index contributed by atoms with van der Waals surface area (Å²) in [5.74, 6) is 1.24. The molecular formula is C18H18O2. The summed E-state index contributed by atoms with van der Waals surface area (Å²) in [6.45, 7) is 2.03. The summed E-state index contributed by atoms with van der Waals surface area (Å²) in [7, 11) is 1.68. The molecule has 3 rings (SSSR count). The van der Waals surface area contributed by atoms with Gasteiger partial charge in [-0.3, -0.25) is 4.79 Å². The van der Waals surface area contributed by atoms with E-state index in [1.807, 2.05) is 31.2 Å². The van der Waals surface area contributed by atoms with Gasteiger partial charge in [0.1, 0.15) is 5.75 Å². The zero-order valence-electron chi connectivity index (χ0n) is 11.8. The summed E-state index contributed by atoms with van der Waals surface area (Å²) >= 11 is 0. The fraction of sp³-hybridized carbons (Fsp3) is 0.278. The van der Waals surface area contributed by atoms with E-state index < -0.39 is 0 Å². The van der Waals surface area contributed by atoms with Gasteiger partial charge in [-0.2, -0.15) is 0 Å². The van der Waals surface area contributed by atoms with Gasteiger partial charge in [-0.25, -0.2) is 0 Å². The second-order valence-corrected chi connectivity index (χ2v) is 5.43. The smallest absolute Gasteiger partial charge is 0.166 e. The molecule has 0 spiro atoms. The monoisotopic (exact) mass is 266 g/mol. The molecule has 1 atom stereocenters. The molecule has 0 fully saturated rings. The van der Waals surface area contributed by atoms with Crippen LogP contribution in [0, 0.1) is 12.8 Å². The number of carbonyl (C=O) groups excluding carboxylic acids is 1. The van der Waals surface area contributed by atoms with Crippen LogP contribution in [0.2, 0.25) is 0 Å². The van der Waals surface area contributed by atoms with Crippen molar-refractivity contribution in [3.8, 4) is 5.75 Å². The number of benzene rings is 2. The number of ketones is 1. The lowest BCUT2D eigenvalue weighted by Crippen LogP contribution is -2.12. The fourth-order valence-corrected chi connectivity index (χ4v) is 2.96. The summed E-state index contributed by atoms with van der Waals surface area (Å²) in [5.41, 5.74) is 4.37. The first-order valence-electron chi connectivity index (χ1n) is 6.94. The molecule has 2 nitrogen and oxygen atoms in total. The highest BCUT2D eigenvalue weighted by molar-refractivity contribution is 6.02. The van der Waals surface area contributed by atoms with E-state index in [-0.39, 0.29) is 11.7 Å². The number of carbonyl (C=O) groups is 1. The molecule has 0 saturated heterocycles. The number of ether oxygens (including phenoxy) is 1. The Hall–Kier alpha value is -2.09. The van der Waals surface area contributed by atoms with Crippen molar-refractivity contribution in [3.63, 3.8) is 0 Å². The van der Waals surface area contributed by atoms with Crippen molar-refractivity contribution in [1.82, 2.24) is 0 Å². The maximum atomic E-state index is 12.4. The summed E-state index contributed by atoms with van der Waals surface area (Å²) in [4.78, 5) is 12.4. The number of Topliss-reactive ketones (excluding diaryl/α,β-unsaturated/α-hetero) is 1. The summed E-state index contributed by atoms with van der Waals surface area (Å²) in [6, 6.07) is 14.1. The lowest BCUT2D eigenvalue weighted by Gasteiger charge is -2.11. The summed E-state index contributed by atoms with van der Waals surface area (Å²) in [6.07, 6.45) is 1.63. The maximum Gasteiger partial charge on any atom is 0.166 e. The van der Waals surface area contributed by atoms with Crippen molar-refractivity contribution in [2.75, 3.05) is 7.11 Å². The Morgan fingerprint density at radius 3 is 2.75 bits per heavy atom. The highest BCUT2D eigenvalue weighted by Gasteiger charge is 2.29. The number of rotatable bonds is 3. The number of hydrogen-bond donors (Lipinski definition) is 0. The average molecular weight is 266 g/mol. The molecular weight excluding hydrogens is 248 g/mol. The predicted molar refractivity (Wildman–Crippen MR) is 79.4 cm³/mol. The van der Waals surface area contributed by atoms with Crippen LogP contribution in [0.25, 0.3) is 0 Å². The molecule has 1 aliphatic rings. The van der Waals surface area contributed by atoms with Crippen LogP contribution in [-0.2, 0) is 12.8 Å². The second kappa shape index (κ2) is 5.12. The maximum absolute atomic E-state index is 12.4. The third-order valence-corrected chi connectivity index (χ3v) is 4.07. The molecule has 0 amide bonds. The second-order valence-electron chi connectivity index (χ2n) is 5.43. The van der Waals surface area contributed by atoms with Gasteiger partial charge in [-0.15, -0.1) is 0 Å². The van der Waals surface area contributed by atoms with E-state index in [4.69, 9.17) is 4.74 Å². The van der Waals surface area contributed by atoms with Crippen molar-refractivity contribution < 1.29 is 9.53 Å². The molecule has 0 bridgehead atoms. The lowest BCUT2D eigenvalue weighted by atomic mass is 9.95. The van der Waals surface area contributed by atoms with E-state index >= 15 is 0 Å². The number of hydrogen-bond acceptors (Lipinski definition) is 2. The van der Waals surface area contributed by atoms with Crippen LogP contribution in [0.1, 0.15) is 27.0 Å². The van der Waals surface area contributed by atoms with Gasteiger partial charge < -0.3 is 4.74 Å². The van der Waals surface area contributed by atoms with Crippen molar-refractivity contribution >= 4 is 5.78 Å². The van der Waals surface area contributed by atoms with Crippen LogP contribution in [-0.4, -0.2) is 12.9 Å². The van der Waals surface area contributed by atoms with Crippen LogP contribution in [0.4, 0.5) is 0 Å². The topological polar surface area (TPSA) is 26.3 Å². The van der Waals surface area contributed by atoms with E-state index in [1.54, 1.807) is 7.11 Å². The molecule has 0 aliphatic heterocycles. The normalized spacial score (nSPS) is 17.1. The minimum atomic E-state index is 0.0693. The highest BCUT2D eigenvalue weighted by atomic mass is 16.5. The molecule has 0 saturated carbocycles. The van der Waals surface area contributed by atoms with E-state index in [9.17, 15) is 4.79 Å². The Kier molecular flexibility index (Phi) is 3.31. The van der Waals surface area contributed by atoms with Gasteiger partial charge in [0, 0.05) is 11.5 Å². The molecule has 0 N–H and O–H groups in total. The molecule has 102 valence electrons. The van der Waals surface area contributed by atoms with Crippen LogP contribution < -0.4 is 4.74 Å². The van der Waals surface area contributed by atoms with Crippen LogP contribution in [0.15, 0.2) is 42.5 Å². The summed E-state index contributed by atoms with van der Waals surface area (Å²) < 4.78 is 5.35. The molecule has 0 aromatic heterocycles. The number of methoxy groups -OCH3 is 1. The molecule has 0 radical (unpaired) electrons. The van der Waals surface area contributed by atoms with Crippen LogP contribution in [0.5, 0.6) is 5.75 Å². The predicted octanol–water partition coefficient (Wildman–Crippen LogP) is 3.60. The van der Waals surface area contributed by atoms with Gasteiger partial charge in [0.05, 0.1) is 7.11 Å². The highest BCUT2D eigenvalue weighted by Crippen LogP contribution is 2.30. The van der Waals surface area contributed by atoms with Crippen LogP contribution in [0.3, 0.4) is 0 Å². The third kappa shape index (κ3) is 2.22. The Morgan fingerprint density at radius 1 is 1.20 bits per heavy atom. The molecule has 2 aromatic carbocycles. The first kappa shape index (κ1) is 12.9. The van der Waals surface area contributed by atoms with E-state index in [0.29, 0.717) is 0 Å². The fourth-order valence-electron chi connectivity index (χ4n) is 2.96. The molecule has 1 aliphatic carbocycles. The van der Waals surface area contributed by atoms with Gasteiger partial charge in [0.2, 0.25) is 0 Å². The largest absolute Gasteiger partial charge is 0.496 e. The Balaban J connectivity index is 1.82. The van der Waals surface area contributed by atoms with E-state index in [0.717, 1.165) is 29.7 Å². The van der Waals surface area contributed by atoms with Gasteiger partial charge in [-0.05, 0) is 42.5 Å². The standard InChI is InChI=1S/C18H18O2/c1-12-7-8-13(10-17(12)20-2)9-15-11-14-5-3-4-6-16(14)18(15)19/h3-8,10,15H,9,11H2,1-2H3. The Labute approximate surface area is 119 Å². The number of fused-ring (bicyclic) bond motifs is 1. The lowest BCUT2D eigenvalue weighted by molar-refractivity contribution is 0.0936. The minimum absolute atomic E-state index is 0.0693. The first-order valence-corrected chi connectivity index (χ1v) is 6.94. The van der Waals surface area contributed by atoms with Gasteiger partial charge in [0.15, 0.2) is 5.78 Å². The molecule has 1 unspecified atom stereocenters. The molecule has 20 heavy (non-hydrogen) atoms. The van der Waals surface area contributed by atoms with Gasteiger partial charge >= 0.3 is 0 Å². The Morgan fingerprint density at radius 2 is 2.00 bits per heavy atom. The van der Waals surface area contributed by atoms with E-state index in [2.05, 4.69) is 18.2 Å². The average Bonchev–Trinajstić information content (AvgIpc) is 2.78. The minimum Gasteiger partial charge on any atom is -0.496 e. The van der Waals surface area contributed by atoms with Gasteiger partial charge in [0.25, 0.3) is 0 Å². The van der Waals surface area contributed by atoms with Crippen molar-refractivity contribution in [2.24, 2.45) is 5.92 Å². The van der Waals surface area contributed by atoms with Gasteiger partial charge in [-0.1, -0.05) is 36.4 Å². The van der Waals surface area contributed by atoms with Crippen molar-refractivity contribution in [1.29, 1.82) is 0 Å². The van der Waals surface area contributed by atoms with Crippen molar-refractivity contribution in [2.45, 2.75) is 19.8 Å². The molecule has 0 heterocycles. The summed E-state index contributed by atoms with van der Waals surface area (Å²) in [5, 5.41) is 0. The molecule has 2 heteroatoms. The van der Waals surface area contributed by atoms with Crippen molar-refractivity contribution in [3.05, 3.63) is 64.7 Å². The third-order valence-electron chi connectivity index (χ3n) is 4.07. The molecule has 2 aromatic rings. The first-order chi connectivity index (χ1) is 9.69.